The lowest BCUT2D eigenvalue weighted by molar-refractivity contribution is 0.159. The number of hydrogen-bond acceptors (Lipinski definition) is 3. The molecule has 4 heteroatoms. The van der Waals surface area contributed by atoms with Gasteiger partial charge in [-0.05, 0) is 25.5 Å². The topological polar surface area (TPSA) is 51.2 Å². The molecular formula is C12H18N2O2. The normalized spacial score (nSPS) is 9.88. The van der Waals surface area contributed by atoms with Crippen molar-refractivity contribution in [2.24, 2.45) is 0 Å². The van der Waals surface area contributed by atoms with E-state index in [-0.39, 0.29) is 0 Å². The standard InChI is InChI=1S/C12H18N2O2/c1-3-4-5-9-16-12(15)14-11-8-6-7-10(2)13-11/h6-8H,3-5,9H2,1-2H3,(H,13,14,15). The molecule has 1 aromatic heterocycles. The van der Waals surface area contributed by atoms with E-state index in [0.717, 1.165) is 25.0 Å². The van der Waals surface area contributed by atoms with E-state index in [4.69, 9.17) is 4.74 Å². The molecule has 0 aromatic carbocycles. The highest BCUT2D eigenvalue weighted by Crippen LogP contribution is 2.04. The summed E-state index contributed by atoms with van der Waals surface area (Å²) in [6, 6.07) is 5.45. The van der Waals surface area contributed by atoms with Gasteiger partial charge in [0.15, 0.2) is 0 Å². The molecule has 0 saturated heterocycles. The minimum absolute atomic E-state index is 0.436. The molecular weight excluding hydrogens is 204 g/mol. The van der Waals surface area contributed by atoms with E-state index in [1.807, 2.05) is 19.1 Å². The molecule has 0 aliphatic heterocycles. The van der Waals surface area contributed by atoms with Gasteiger partial charge in [-0.2, -0.15) is 0 Å². The fraction of sp³-hybridized carbons (Fsp3) is 0.500. The molecule has 0 radical (unpaired) electrons. The molecule has 0 saturated carbocycles. The van der Waals surface area contributed by atoms with Gasteiger partial charge >= 0.3 is 6.09 Å². The van der Waals surface area contributed by atoms with Crippen molar-refractivity contribution < 1.29 is 9.53 Å². The van der Waals surface area contributed by atoms with Gasteiger partial charge in [0, 0.05) is 5.69 Å². The maximum absolute atomic E-state index is 11.3. The second kappa shape index (κ2) is 6.82. The van der Waals surface area contributed by atoms with Crippen molar-refractivity contribution >= 4 is 11.9 Å². The van der Waals surface area contributed by atoms with Crippen molar-refractivity contribution in [1.29, 1.82) is 0 Å². The van der Waals surface area contributed by atoms with Gasteiger partial charge < -0.3 is 4.74 Å². The minimum atomic E-state index is -0.436. The number of nitrogens with zero attached hydrogens (tertiary/aromatic N) is 1. The van der Waals surface area contributed by atoms with E-state index in [1.165, 1.54) is 0 Å². The van der Waals surface area contributed by atoms with Crippen LogP contribution in [0.25, 0.3) is 0 Å². The lowest BCUT2D eigenvalue weighted by Gasteiger charge is -2.06. The van der Waals surface area contributed by atoms with Crippen LogP contribution in [0, 0.1) is 6.92 Å². The fourth-order valence-electron chi connectivity index (χ4n) is 1.27. The summed E-state index contributed by atoms with van der Waals surface area (Å²) < 4.78 is 5.00. The van der Waals surface area contributed by atoms with Gasteiger partial charge in [-0.3, -0.25) is 5.32 Å². The Labute approximate surface area is 96.0 Å². The highest BCUT2D eigenvalue weighted by atomic mass is 16.5. The largest absolute Gasteiger partial charge is 0.449 e. The molecule has 0 fully saturated rings. The van der Waals surface area contributed by atoms with Crippen molar-refractivity contribution in [3.63, 3.8) is 0 Å². The van der Waals surface area contributed by atoms with Gasteiger partial charge in [-0.1, -0.05) is 25.8 Å². The number of hydrogen-bond donors (Lipinski definition) is 1. The number of pyridine rings is 1. The van der Waals surface area contributed by atoms with E-state index in [9.17, 15) is 4.79 Å². The molecule has 1 N–H and O–H groups in total. The molecule has 1 heterocycles. The zero-order chi connectivity index (χ0) is 11.8. The first-order valence-corrected chi connectivity index (χ1v) is 5.60. The Balaban J connectivity index is 2.29. The molecule has 0 bridgehead atoms. The third-order valence-electron chi connectivity index (χ3n) is 2.10. The first-order chi connectivity index (χ1) is 7.72. The zero-order valence-electron chi connectivity index (χ0n) is 9.82. The number of nitrogens with one attached hydrogen (secondary N) is 1. The minimum Gasteiger partial charge on any atom is -0.449 e. The number of anilines is 1. The number of ether oxygens (including phenoxy) is 1. The predicted octanol–water partition coefficient (Wildman–Crippen LogP) is 3.13. The summed E-state index contributed by atoms with van der Waals surface area (Å²) in [5.74, 6) is 0.528. The Hall–Kier alpha value is -1.58. The Morgan fingerprint density at radius 3 is 2.94 bits per heavy atom. The number of aromatic nitrogens is 1. The fourth-order valence-corrected chi connectivity index (χ4v) is 1.27. The van der Waals surface area contributed by atoms with Crippen molar-refractivity contribution in [3.05, 3.63) is 23.9 Å². The summed E-state index contributed by atoms with van der Waals surface area (Å²) in [6.07, 6.45) is 2.67. The lowest BCUT2D eigenvalue weighted by atomic mass is 10.3. The average Bonchev–Trinajstić information content (AvgIpc) is 2.24. The maximum Gasteiger partial charge on any atom is 0.412 e. The van der Waals surface area contributed by atoms with Crippen LogP contribution in [0.1, 0.15) is 31.9 Å². The van der Waals surface area contributed by atoms with Crippen LogP contribution in [-0.2, 0) is 4.74 Å². The Bertz CT molecular complexity index is 340. The van der Waals surface area contributed by atoms with Crippen molar-refractivity contribution in [2.75, 3.05) is 11.9 Å². The van der Waals surface area contributed by atoms with E-state index in [2.05, 4.69) is 17.2 Å². The number of aryl methyl sites for hydroxylation is 1. The van der Waals surface area contributed by atoms with Gasteiger partial charge in [-0.25, -0.2) is 9.78 Å². The van der Waals surface area contributed by atoms with E-state index in [0.29, 0.717) is 12.4 Å². The van der Waals surface area contributed by atoms with Crippen molar-refractivity contribution in [3.8, 4) is 0 Å². The summed E-state index contributed by atoms with van der Waals surface area (Å²) >= 11 is 0. The molecule has 1 rings (SSSR count). The second-order valence-corrected chi connectivity index (χ2v) is 3.63. The molecule has 16 heavy (non-hydrogen) atoms. The van der Waals surface area contributed by atoms with E-state index < -0.39 is 6.09 Å². The van der Waals surface area contributed by atoms with Crippen LogP contribution in [0.4, 0.5) is 10.6 Å². The summed E-state index contributed by atoms with van der Waals surface area (Å²) in [4.78, 5) is 15.5. The number of unbranched alkanes of at least 4 members (excludes halogenated alkanes) is 2. The zero-order valence-corrected chi connectivity index (χ0v) is 9.82. The third kappa shape index (κ3) is 4.77. The van der Waals surface area contributed by atoms with Crippen LogP contribution in [0.3, 0.4) is 0 Å². The SMILES string of the molecule is CCCCCOC(=O)Nc1cccc(C)n1. The van der Waals surface area contributed by atoms with Gasteiger partial charge in [0.1, 0.15) is 5.82 Å². The van der Waals surface area contributed by atoms with Gasteiger partial charge in [0.25, 0.3) is 0 Å². The molecule has 1 amide bonds. The summed E-state index contributed by atoms with van der Waals surface area (Å²) in [5, 5.41) is 2.59. The molecule has 0 aliphatic rings. The van der Waals surface area contributed by atoms with E-state index >= 15 is 0 Å². The molecule has 0 aliphatic carbocycles. The van der Waals surface area contributed by atoms with Crippen molar-refractivity contribution in [2.45, 2.75) is 33.1 Å². The molecule has 0 unspecified atom stereocenters. The summed E-state index contributed by atoms with van der Waals surface area (Å²) in [7, 11) is 0. The lowest BCUT2D eigenvalue weighted by Crippen LogP contribution is -2.15. The number of amides is 1. The summed E-state index contributed by atoms with van der Waals surface area (Å²) in [6.45, 7) is 4.44. The average molecular weight is 222 g/mol. The van der Waals surface area contributed by atoms with Crippen LogP contribution in [0.5, 0.6) is 0 Å². The van der Waals surface area contributed by atoms with Gasteiger partial charge in [0.2, 0.25) is 0 Å². The van der Waals surface area contributed by atoms with Crippen LogP contribution >= 0.6 is 0 Å². The predicted molar refractivity (Wildman–Crippen MR) is 63.5 cm³/mol. The highest BCUT2D eigenvalue weighted by molar-refractivity contribution is 5.83. The van der Waals surface area contributed by atoms with Crippen LogP contribution < -0.4 is 5.32 Å². The van der Waals surface area contributed by atoms with Gasteiger partial charge in [-0.15, -0.1) is 0 Å². The van der Waals surface area contributed by atoms with Crippen LogP contribution in [-0.4, -0.2) is 17.7 Å². The molecule has 88 valence electrons. The van der Waals surface area contributed by atoms with Crippen LogP contribution in [0.15, 0.2) is 18.2 Å². The molecule has 0 spiro atoms. The van der Waals surface area contributed by atoms with Crippen molar-refractivity contribution in [1.82, 2.24) is 4.98 Å². The first-order valence-electron chi connectivity index (χ1n) is 5.60. The van der Waals surface area contributed by atoms with Gasteiger partial charge in [0.05, 0.1) is 6.61 Å². The van der Waals surface area contributed by atoms with Crippen LogP contribution in [0.2, 0.25) is 0 Å². The second-order valence-electron chi connectivity index (χ2n) is 3.63. The summed E-state index contributed by atoms with van der Waals surface area (Å²) in [5.41, 5.74) is 0.865. The third-order valence-corrected chi connectivity index (χ3v) is 2.10. The molecule has 0 atom stereocenters. The quantitative estimate of drug-likeness (QED) is 0.779. The smallest absolute Gasteiger partial charge is 0.412 e. The molecule has 1 aromatic rings. The first kappa shape index (κ1) is 12.5. The Kier molecular flexibility index (Phi) is 5.32. The number of rotatable bonds is 5. The monoisotopic (exact) mass is 222 g/mol. The number of carbonyl (C=O) groups is 1. The molecule has 4 nitrogen and oxygen atoms in total. The maximum atomic E-state index is 11.3. The van der Waals surface area contributed by atoms with E-state index in [1.54, 1.807) is 6.07 Å². The Morgan fingerprint density at radius 2 is 2.25 bits per heavy atom. The Morgan fingerprint density at radius 1 is 1.44 bits per heavy atom. The highest BCUT2D eigenvalue weighted by Gasteiger charge is 2.03. The number of carbonyl (C=O) groups excluding carboxylic acids is 1.